The van der Waals surface area contributed by atoms with Gasteiger partial charge in [0.2, 0.25) is 0 Å². The molecule has 3 nitrogen and oxygen atoms in total. The van der Waals surface area contributed by atoms with Gasteiger partial charge in [-0.25, -0.2) is 4.98 Å². The van der Waals surface area contributed by atoms with Gasteiger partial charge in [0.15, 0.2) is 0 Å². The summed E-state index contributed by atoms with van der Waals surface area (Å²) in [5.41, 5.74) is 4.49. The zero-order chi connectivity index (χ0) is 22.8. The monoisotopic (exact) mass is 441 g/mol. The summed E-state index contributed by atoms with van der Waals surface area (Å²) in [6.45, 7) is 16.5. The summed E-state index contributed by atoms with van der Waals surface area (Å²) in [7, 11) is 0. The molecule has 1 N–H and O–H groups in total. The molecular weight excluding hydrogens is 402 g/mol. The van der Waals surface area contributed by atoms with Gasteiger partial charge < -0.3 is 10.2 Å². The Labute approximate surface area is 194 Å². The average molecular weight is 442 g/mol. The summed E-state index contributed by atoms with van der Waals surface area (Å²) in [5.74, 6) is 0. The maximum absolute atomic E-state index is 6.25. The zero-order valence-electron chi connectivity index (χ0n) is 20.3. The molecule has 0 saturated heterocycles. The Bertz CT molecular complexity index is 954. The molecule has 0 fully saturated rings. The number of anilines is 1. The Kier molecular flexibility index (Phi) is 10.6. The van der Waals surface area contributed by atoms with E-state index in [0.29, 0.717) is 6.04 Å². The normalized spacial score (nSPS) is 12.1. The van der Waals surface area contributed by atoms with E-state index in [1.807, 2.05) is 26.0 Å². The van der Waals surface area contributed by atoms with Crippen molar-refractivity contribution in [3.8, 4) is 0 Å². The number of aromatic nitrogens is 1. The molecule has 0 spiro atoms. The van der Waals surface area contributed by atoms with Crippen LogP contribution in [-0.2, 0) is 6.42 Å². The molecule has 1 heterocycles. The van der Waals surface area contributed by atoms with Crippen LogP contribution in [-0.4, -0.2) is 35.6 Å². The fourth-order valence-electron chi connectivity index (χ4n) is 4.02. The molecule has 31 heavy (non-hydrogen) atoms. The summed E-state index contributed by atoms with van der Waals surface area (Å²) < 4.78 is 0. The highest BCUT2D eigenvalue weighted by Crippen LogP contribution is 2.33. The second-order valence-electron chi connectivity index (χ2n) is 7.98. The van der Waals surface area contributed by atoms with E-state index in [2.05, 4.69) is 62.2 Å². The highest BCUT2D eigenvalue weighted by molar-refractivity contribution is 6.31. The third kappa shape index (κ3) is 6.82. The molecule has 0 aliphatic carbocycles. The highest BCUT2D eigenvalue weighted by Gasteiger charge is 2.13. The number of rotatable bonds is 10. The van der Waals surface area contributed by atoms with E-state index < -0.39 is 0 Å². The van der Waals surface area contributed by atoms with E-state index in [4.69, 9.17) is 16.6 Å². The van der Waals surface area contributed by atoms with Crippen LogP contribution in [0.25, 0.3) is 21.8 Å². The quantitative estimate of drug-likeness (QED) is 0.323. The zero-order valence-corrected chi connectivity index (χ0v) is 21.0. The largest absolute Gasteiger partial charge is 0.381 e. The maximum Gasteiger partial charge on any atom is 0.0745 e. The SMILES string of the molecule is CC.CCCN(CC)CCCC(C)Nc1c2ccc(Cl)cc2nc2ccc(CC)cc12. The van der Waals surface area contributed by atoms with E-state index in [9.17, 15) is 0 Å². The standard InChI is InChI=1S/C25H34ClN3.C2H6/c1-5-14-29(7-3)15-8-9-18(4)27-25-21-12-11-20(26)17-24(21)28-23-13-10-19(6-2)16-22(23)25;1-2/h10-13,16-18H,5-9,14-15H2,1-4H3,(H,27,28);1-2H3. The fraction of sp³-hybridized carbons (Fsp3) is 0.519. The van der Waals surface area contributed by atoms with Gasteiger partial charge in [-0.1, -0.05) is 52.3 Å². The molecule has 0 aliphatic rings. The Morgan fingerprint density at radius 1 is 0.968 bits per heavy atom. The van der Waals surface area contributed by atoms with Crippen molar-refractivity contribution in [2.75, 3.05) is 25.0 Å². The molecule has 3 rings (SSSR count). The predicted octanol–water partition coefficient (Wildman–Crippen LogP) is 7.94. The first-order chi connectivity index (χ1) is 15.0. The number of pyridine rings is 1. The van der Waals surface area contributed by atoms with Crippen molar-refractivity contribution in [3.63, 3.8) is 0 Å². The summed E-state index contributed by atoms with van der Waals surface area (Å²) >= 11 is 6.25. The van der Waals surface area contributed by atoms with Crippen molar-refractivity contribution in [2.45, 2.75) is 73.3 Å². The molecular formula is C27H40ClN3. The van der Waals surface area contributed by atoms with Crippen LogP contribution in [0.5, 0.6) is 0 Å². The Morgan fingerprint density at radius 3 is 2.42 bits per heavy atom. The van der Waals surface area contributed by atoms with Crippen LogP contribution >= 0.6 is 11.6 Å². The Morgan fingerprint density at radius 2 is 1.74 bits per heavy atom. The number of halogens is 1. The maximum atomic E-state index is 6.25. The van der Waals surface area contributed by atoms with Crippen LogP contribution < -0.4 is 5.32 Å². The first kappa shape index (κ1) is 25.4. The van der Waals surface area contributed by atoms with Gasteiger partial charge in [-0.3, -0.25) is 0 Å². The van der Waals surface area contributed by atoms with Gasteiger partial charge in [-0.15, -0.1) is 0 Å². The number of fused-ring (bicyclic) bond motifs is 2. The molecule has 0 saturated carbocycles. The third-order valence-corrected chi connectivity index (χ3v) is 5.93. The van der Waals surface area contributed by atoms with Crippen LogP contribution in [0.1, 0.15) is 66.4 Å². The van der Waals surface area contributed by atoms with Gasteiger partial charge in [0, 0.05) is 21.8 Å². The molecule has 1 aromatic heterocycles. The minimum Gasteiger partial charge on any atom is -0.381 e. The lowest BCUT2D eigenvalue weighted by Gasteiger charge is -2.22. The topological polar surface area (TPSA) is 28.2 Å². The number of nitrogens with zero attached hydrogens (tertiary/aromatic N) is 2. The molecule has 0 bridgehead atoms. The van der Waals surface area contributed by atoms with Crippen LogP contribution in [0.2, 0.25) is 5.02 Å². The number of benzene rings is 2. The van der Waals surface area contributed by atoms with Crippen molar-refractivity contribution in [1.29, 1.82) is 0 Å². The molecule has 1 atom stereocenters. The lowest BCUT2D eigenvalue weighted by atomic mass is 10.0. The second kappa shape index (κ2) is 12.9. The van der Waals surface area contributed by atoms with Crippen molar-refractivity contribution >= 4 is 39.1 Å². The van der Waals surface area contributed by atoms with Crippen LogP contribution in [0.3, 0.4) is 0 Å². The minimum absolute atomic E-state index is 0.394. The summed E-state index contributed by atoms with van der Waals surface area (Å²) in [6.07, 6.45) is 4.59. The van der Waals surface area contributed by atoms with E-state index in [1.54, 1.807) is 0 Å². The van der Waals surface area contributed by atoms with Gasteiger partial charge in [-0.2, -0.15) is 0 Å². The van der Waals surface area contributed by atoms with Crippen molar-refractivity contribution in [3.05, 3.63) is 47.0 Å². The predicted molar refractivity (Wildman–Crippen MR) is 140 cm³/mol. The van der Waals surface area contributed by atoms with Gasteiger partial charge in [0.1, 0.15) is 0 Å². The minimum atomic E-state index is 0.394. The first-order valence-electron chi connectivity index (χ1n) is 12.1. The first-order valence-corrected chi connectivity index (χ1v) is 12.4. The van der Waals surface area contributed by atoms with E-state index >= 15 is 0 Å². The summed E-state index contributed by atoms with van der Waals surface area (Å²) in [5, 5.41) is 6.89. The number of hydrogen-bond donors (Lipinski definition) is 1. The van der Waals surface area contributed by atoms with Gasteiger partial charge in [0.05, 0.1) is 16.7 Å². The molecule has 1 unspecified atom stereocenters. The Balaban J connectivity index is 0.00000166. The molecule has 4 heteroatoms. The van der Waals surface area contributed by atoms with Crippen molar-refractivity contribution < 1.29 is 0 Å². The second-order valence-corrected chi connectivity index (χ2v) is 8.41. The third-order valence-electron chi connectivity index (χ3n) is 5.70. The average Bonchev–Trinajstić information content (AvgIpc) is 2.79. The highest BCUT2D eigenvalue weighted by atomic mass is 35.5. The van der Waals surface area contributed by atoms with Gasteiger partial charge in [0.25, 0.3) is 0 Å². The molecule has 0 radical (unpaired) electrons. The Hall–Kier alpha value is -1.84. The lowest BCUT2D eigenvalue weighted by molar-refractivity contribution is 0.281. The summed E-state index contributed by atoms with van der Waals surface area (Å²) in [4.78, 5) is 7.41. The molecule has 0 amide bonds. The number of aryl methyl sites for hydroxylation is 1. The molecule has 170 valence electrons. The van der Waals surface area contributed by atoms with Gasteiger partial charge >= 0.3 is 0 Å². The smallest absolute Gasteiger partial charge is 0.0745 e. The lowest BCUT2D eigenvalue weighted by Crippen LogP contribution is -2.26. The van der Waals surface area contributed by atoms with Crippen LogP contribution in [0.4, 0.5) is 5.69 Å². The fourth-order valence-corrected chi connectivity index (χ4v) is 4.19. The number of nitrogens with one attached hydrogen (secondary N) is 1. The van der Waals surface area contributed by atoms with E-state index in [0.717, 1.165) is 40.8 Å². The van der Waals surface area contributed by atoms with E-state index in [1.165, 1.54) is 42.6 Å². The summed E-state index contributed by atoms with van der Waals surface area (Å²) in [6, 6.07) is 13.0. The number of hydrogen-bond acceptors (Lipinski definition) is 3. The molecule has 0 aliphatic heterocycles. The molecule has 3 aromatic rings. The van der Waals surface area contributed by atoms with Crippen LogP contribution in [0, 0.1) is 0 Å². The van der Waals surface area contributed by atoms with Crippen LogP contribution in [0.15, 0.2) is 36.4 Å². The van der Waals surface area contributed by atoms with Gasteiger partial charge in [-0.05, 0) is 88.1 Å². The van der Waals surface area contributed by atoms with Crippen molar-refractivity contribution in [1.82, 2.24) is 9.88 Å². The molecule has 2 aromatic carbocycles. The van der Waals surface area contributed by atoms with Crippen molar-refractivity contribution in [2.24, 2.45) is 0 Å². The van der Waals surface area contributed by atoms with E-state index in [-0.39, 0.29) is 0 Å².